The van der Waals surface area contributed by atoms with E-state index in [9.17, 15) is 24.9 Å². The molecule has 0 saturated heterocycles. The number of esters is 3. The van der Waals surface area contributed by atoms with Crippen molar-refractivity contribution in [2.45, 2.75) is 80.1 Å². The molecule has 440 valence electrons. The molecule has 0 atom stereocenters. The predicted octanol–water partition coefficient (Wildman–Crippen LogP) is 10.6. The first kappa shape index (κ1) is 64.9. The number of para-hydroxylation sites is 3. The summed E-state index contributed by atoms with van der Waals surface area (Å²) < 4.78 is 34.9. The van der Waals surface area contributed by atoms with Crippen molar-refractivity contribution in [3.05, 3.63) is 204 Å². The number of benzene rings is 3. The van der Waals surface area contributed by atoms with Gasteiger partial charge in [-0.25, -0.2) is 24.2 Å². The number of allylic oxidation sites excluding steroid dienone is 7. The topological polar surface area (TPSA) is 211 Å². The fraction of sp³-hybridized carbons (Fsp3) is 0.409. The highest BCUT2D eigenvalue weighted by molar-refractivity contribution is 5.97. The van der Waals surface area contributed by atoms with Crippen LogP contribution in [-0.4, -0.2) is 102 Å². The van der Waals surface area contributed by atoms with Gasteiger partial charge in [-0.15, -0.1) is 0 Å². The molecule has 0 aliphatic heterocycles. The summed E-state index contributed by atoms with van der Waals surface area (Å²) in [5.74, 6) is -1.56. The van der Waals surface area contributed by atoms with Gasteiger partial charge in [0.05, 0.1) is 71.5 Å². The molecule has 0 bridgehead atoms. The standard InChI is InChI=1S/C66H72N10O9/c1-64(2)38-49(53(45-68)61(77)83-46-20-14-11-15-21-46)52(44-67)54(41-64)73-26-32-80-35-29-76(30-36-81-33-27-74-55-42-65(3,4)39-50(57(55)69-7)59(71-9)62(78)84-47-22-16-12-17-23-47)31-37-82-34-28-75-56-43-66(5,6)40-51(58(56)70-8)60(72-10)63(79)85-48-24-18-13-19-25-48/h11-25,73-75H,26-43H2,1-6H3/b53-49+,59-50-,60-51-. The first-order chi connectivity index (χ1) is 40.8. The quantitative estimate of drug-likeness (QED) is 0.0162. The maximum absolute atomic E-state index is 13.3. The van der Waals surface area contributed by atoms with Gasteiger partial charge in [-0.05, 0) is 108 Å². The lowest BCUT2D eigenvalue weighted by molar-refractivity contribution is -0.130. The van der Waals surface area contributed by atoms with Crippen LogP contribution in [0.2, 0.25) is 0 Å². The smallest absolute Gasteiger partial charge is 0.354 e. The molecule has 0 saturated carbocycles. The molecule has 6 rings (SSSR count). The van der Waals surface area contributed by atoms with Gasteiger partial charge in [0.1, 0.15) is 35.0 Å². The van der Waals surface area contributed by atoms with Crippen molar-refractivity contribution in [1.82, 2.24) is 20.9 Å². The molecule has 0 unspecified atom stereocenters. The number of nitrogens with one attached hydrogen (secondary N) is 3. The zero-order chi connectivity index (χ0) is 61.4. The number of carbonyl (C=O) groups is 3. The zero-order valence-electron chi connectivity index (χ0n) is 49.2. The summed E-state index contributed by atoms with van der Waals surface area (Å²) in [6, 6.07) is 29.7. The molecule has 19 nitrogen and oxygen atoms in total. The highest BCUT2D eigenvalue weighted by atomic mass is 16.5. The lowest BCUT2D eigenvalue weighted by Crippen LogP contribution is -2.36. The fourth-order valence-electron chi connectivity index (χ4n) is 10.3. The highest BCUT2D eigenvalue weighted by Crippen LogP contribution is 2.45. The minimum absolute atomic E-state index is 0.214. The maximum atomic E-state index is 13.3. The molecule has 0 heterocycles. The minimum atomic E-state index is -0.826. The minimum Gasteiger partial charge on any atom is -0.431 e. The van der Waals surface area contributed by atoms with E-state index in [0.717, 1.165) is 0 Å². The second kappa shape index (κ2) is 31.4. The zero-order valence-corrected chi connectivity index (χ0v) is 49.2. The monoisotopic (exact) mass is 1150 g/mol. The van der Waals surface area contributed by atoms with Crippen molar-refractivity contribution in [2.75, 3.05) is 78.9 Å². The lowest BCUT2D eigenvalue weighted by atomic mass is 9.73. The Bertz CT molecular complexity index is 3020. The first-order valence-corrected chi connectivity index (χ1v) is 28.0. The number of rotatable bonds is 27. The van der Waals surface area contributed by atoms with Gasteiger partial charge in [0.2, 0.25) is 0 Å². The third kappa shape index (κ3) is 19.1. The summed E-state index contributed by atoms with van der Waals surface area (Å²) in [5, 5.41) is 30.6. The summed E-state index contributed by atoms with van der Waals surface area (Å²) in [6.07, 6.45) is 2.58. The van der Waals surface area contributed by atoms with Gasteiger partial charge in [-0.1, -0.05) is 96.1 Å². The average molecular weight is 1150 g/mol. The Morgan fingerprint density at radius 2 is 0.835 bits per heavy atom. The first-order valence-electron chi connectivity index (χ1n) is 28.0. The molecule has 3 aliphatic carbocycles. The predicted molar refractivity (Wildman–Crippen MR) is 318 cm³/mol. The normalized spacial score (nSPS) is 17.8. The third-order valence-electron chi connectivity index (χ3n) is 14.1. The molecular formula is C66H72N10O9. The molecule has 0 fully saturated rings. The largest absolute Gasteiger partial charge is 0.431 e. The molecule has 0 amide bonds. The van der Waals surface area contributed by atoms with E-state index in [-0.39, 0.29) is 75.7 Å². The second-order valence-corrected chi connectivity index (χ2v) is 22.8. The van der Waals surface area contributed by atoms with Crippen LogP contribution in [0, 0.1) is 65.2 Å². The number of nitriles is 2. The lowest BCUT2D eigenvalue weighted by Gasteiger charge is -2.34. The molecule has 85 heavy (non-hydrogen) atoms. The average Bonchev–Trinajstić information content (AvgIpc) is 2.32. The number of nitrogens with zero attached hydrogens (tertiary/aromatic N) is 7. The van der Waals surface area contributed by atoms with Crippen LogP contribution < -0.4 is 30.2 Å². The Balaban J connectivity index is 1.07. The molecule has 0 spiro atoms. The van der Waals surface area contributed by atoms with Gasteiger partial charge in [0, 0.05) is 56.4 Å². The Kier molecular flexibility index (Phi) is 23.9. The summed E-state index contributed by atoms with van der Waals surface area (Å²) in [4.78, 5) is 56.7. The molecular weight excluding hydrogens is 1080 g/mol. The number of hydrogen-bond acceptors (Lipinski definition) is 15. The maximum Gasteiger partial charge on any atom is 0.354 e. The summed E-state index contributed by atoms with van der Waals surface area (Å²) in [5.41, 5.74) is 1.83. The molecule has 0 aromatic heterocycles. The Labute approximate surface area is 499 Å². The Morgan fingerprint density at radius 3 is 1.18 bits per heavy atom. The van der Waals surface area contributed by atoms with Crippen LogP contribution in [0.3, 0.4) is 0 Å². The van der Waals surface area contributed by atoms with Crippen molar-refractivity contribution in [2.24, 2.45) is 16.2 Å². The molecule has 3 aromatic rings. The van der Waals surface area contributed by atoms with E-state index < -0.39 is 17.9 Å². The van der Waals surface area contributed by atoms with Crippen LogP contribution in [-0.2, 0) is 28.6 Å². The van der Waals surface area contributed by atoms with Crippen LogP contribution in [0.15, 0.2) is 159 Å². The number of carbonyl (C=O) groups excluding carboxylic acids is 3. The second-order valence-electron chi connectivity index (χ2n) is 22.8. The summed E-state index contributed by atoms with van der Waals surface area (Å²) >= 11 is 0. The fourth-order valence-corrected chi connectivity index (χ4v) is 10.3. The van der Waals surface area contributed by atoms with Crippen molar-refractivity contribution in [3.8, 4) is 29.4 Å². The van der Waals surface area contributed by atoms with Crippen molar-refractivity contribution in [3.63, 3.8) is 0 Å². The summed E-state index contributed by atoms with van der Waals surface area (Å²) in [7, 11) is 0. The molecule has 19 heteroatoms. The van der Waals surface area contributed by atoms with Gasteiger partial charge in [0.25, 0.3) is 11.4 Å². The van der Waals surface area contributed by atoms with Gasteiger partial charge >= 0.3 is 17.9 Å². The molecule has 3 aliphatic rings. The van der Waals surface area contributed by atoms with Crippen LogP contribution in [0.1, 0.15) is 80.1 Å². The SMILES string of the molecule is [C-]#[N+]C1=C(NCCOCCN(CCOCCNC2=C([N+]#[C-])/C(=C(\[N+]#[C-])C(=O)Oc3ccccc3)CC(C)(C)C2)CCOCCNC2=C(C#N)/C(=C(\C#N)C(=O)Oc3ccccc3)CC(C)(C)C2)CC(C)(C)C/C1=C(/[N+]#[C-])C(=O)Oc1ccccc1. The van der Waals surface area contributed by atoms with Gasteiger partial charge in [-0.2, -0.15) is 10.5 Å². The van der Waals surface area contributed by atoms with Gasteiger partial charge in [-0.3, -0.25) is 14.5 Å². The van der Waals surface area contributed by atoms with E-state index in [1.165, 1.54) is 0 Å². The molecule has 3 aromatic carbocycles. The summed E-state index contributed by atoms with van der Waals surface area (Å²) in [6.45, 7) is 48.6. The van der Waals surface area contributed by atoms with Crippen molar-refractivity contribution in [1.29, 1.82) is 10.5 Å². The molecule has 0 radical (unpaired) electrons. The van der Waals surface area contributed by atoms with E-state index in [2.05, 4.69) is 46.3 Å². The Hall–Kier alpha value is -9.31. The number of ether oxygens (including phenoxy) is 6. The molecule has 3 N–H and O–H groups in total. The van der Waals surface area contributed by atoms with E-state index in [4.69, 9.17) is 54.7 Å². The van der Waals surface area contributed by atoms with Crippen LogP contribution in [0.4, 0.5) is 0 Å². The van der Waals surface area contributed by atoms with E-state index >= 15 is 0 Å². The van der Waals surface area contributed by atoms with Gasteiger partial charge < -0.3 is 44.4 Å². The van der Waals surface area contributed by atoms with Crippen molar-refractivity contribution >= 4 is 17.9 Å². The van der Waals surface area contributed by atoms with Crippen molar-refractivity contribution < 1.29 is 42.8 Å². The third-order valence-corrected chi connectivity index (χ3v) is 14.1. The highest BCUT2D eigenvalue weighted by Gasteiger charge is 2.38. The Morgan fingerprint density at radius 1 is 0.494 bits per heavy atom. The van der Waals surface area contributed by atoms with E-state index in [0.29, 0.717) is 143 Å². The van der Waals surface area contributed by atoms with E-state index in [1.807, 2.05) is 47.6 Å². The van der Waals surface area contributed by atoms with Crippen LogP contribution in [0.5, 0.6) is 17.2 Å². The van der Waals surface area contributed by atoms with Crippen LogP contribution >= 0.6 is 0 Å². The number of hydrogen-bond donors (Lipinski definition) is 3. The van der Waals surface area contributed by atoms with Gasteiger partial charge in [0.15, 0.2) is 11.4 Å². The van der Waals surface area contributed by atoms with Crippen LogP contribution in [0.25, 0.3) is 19.4 Å². The van der Waals surface area contributed by atoms with E-state index in [1.54, 1.807) is 91.0 Å².